The Kier molecular flexibility index (Phi) is 5.07. The summed E-state index contributed by atoms with van der Waals surface area (Å²) in [4.78, 5) is 22.7. The normalized spacial score (nSPS) is 16.1. The molecule has 1 aliphatic rings. The number of aromatic nitrogens is 2. The average Bonchev–Trinajstić information content (AvgIpc) is 3.21. The minimum absolute atomic E-state index is 0.126. The molecule has 1 fully saturated rings. The number of hydrogen-bond donors (Lipinski definition) is 2. The van der Waals surface area contributed by atoms with E-state index in [2.05, 4.69) is 15.3 Å². The zero-order valence-corrected chi connectivity index (χ0v) is 15.5. The van der Waals surface area contributed by atoms with Crippen molar-refractivity contribution in [1.82, 2.24) is 14.9 Å². The molecule has 2 amide bonds. The second-order valence-corrected chi connectivity index (χ2v) is 6.90. The van der Waals surface area contributed by atoms with Crippen molar-refractivity contribution in [3.63, 3.8) is 0 Å². The number of pyridine rings is 2. The Balaban J connectivity index is 1.50. The number of nitrogen functional groups attached to an aromatic ring is 1. The SMILES string of the molecule is Nc1ccc(-c2ccc(F)cc2F)nc1NC(=O)N1CCC(c2ccncc2)C1. The molecule has 8 heteroatoms. The second kappa shape index (κ2) is 7.83. The van der Waals surface area contributed by atoms with Crippen LogP contribution in [0, 0.1) is 11.6 Å². The number of carbonyl (C=O) groups is 1. The number of likely N-dealkylation sites (tertiary alicyclic amines) is 1. The Bertz CT molecular complexity index is 1040. The molecule has 3 heterocycles. The Hall–Kier alpha value is -3.55. The second-order valence-electron chi connectivity index (χ2n) is 6.90. The molecule has 6 nitrogen and oxygen atoms in total. The predicted molar refractivity (Wildman–Crippen MR) is 106 cm³/mol. The molecule has 2 aromatic heterocycles. The number of amides is 2. The van der Waals surface area contributed by atoms with E-state index in [-0.39, 0.29) is 34.7 Å². The molecule has 3 N–H and O–H groups in total. The van der Waals surface area contributed by atoms with Crippen molar-refractivity contribution >= 4 is 17.5 Å². The molecule has 1 atom stereocenters. The molecule has 148 valence electrons. The average molecular weight is 395 g/mol. The number of urea groups is 1. The van der Waals surface area contributed by atoms with Crippen molar-refractivity contribution < 1.29 is 13.6 Å². The number of rotatable bonds is 3. The monoisotopic (exact) mass is 395 g/mol. The molecular weight excluding hydrogens is 376 g/mol. The van der Waals surface area contributed by atoms with E-state index in [4.69, 9.17) is 5.73 Å². The highest BCUT2D eigenvalue weighted by molar-refractivity contribution is 5.92. The van der Waals surface area contributed by atoms with Crippen LogP contribution in [-0.2, 0) is 0 Å². The van der Waals surface area contributed by atoms with E-state index in [1.165, 1.54) is 18.2 Å². The number of hydrogen-bond acceptors (Lipinski definition) is 4. The molecule has 3 aromatic rings. The number of nitrogens with two attached hydrogens (primary N) is 1. The van der Waals surface area contributed by atoms with E-state index < -0.39 is 11.6 Å². The molecule has 1 unspecified atom stereocenters. The van der Waals surface area contributed by atoms with Gasteiger partial charge in [-0.05, 0) is 48.4 Å². The maximum absolute atomic E-state index is 14.1. The molecule has 0 aliphatic carbocycles. The van der Waals surface area contributed by atoms with Crippen molar-refractivity contribution in [1.29, 1.82) is 0 Å². The number of halogens is 2. The zero-order valence-electron chi connectivity index (χ0n) is 15.5. The first kappa shape index (κ1) is 18.8. The van der Waals surface area contributed by atoms with Gasteiger partial charge in [-0.15, -0.1) is 0 Å². The van der Waals surface area contributed by atoms with Crippen LogP contribution in [0.1, 0.15) is 17.9 Å². The topological polar surface area (TPSA) is 84.1 Å². The summed E-state index contributed by atoms with van der Waals surface area (Å²) in [6, 6.07) is 9.87. The standard InChI is InChI=1S/C21H19F2N5O/c22-15-1-2-16(17(23)11-15)19-4-3-18(24)20(26-19)27-21(29)28-10-7-14(12-28)13-5-8-25-9-6-13/h1-6,8-9,11,14H,7,10,12,24H2,(H,26,27,29). The molecular formula is C21H19F2N5O. The van der Waals surface area contributed by atoms with Crippen LogP contribution in [0.25, 0.3) is 11.3 Å². The van der Waals surface area contributed by atoms with Gasteiger partial charge in [-0.2, -0.15) is 0 Å². The zero-order chi connectivity index (χ0) is 20.4. The van der Waals surface area contributed by atoms with Gasteiger partial charge in [0.05, 0.1) is 11.4 Å². The first-order chi connectivity index (χ1) is 14.0. The van der Waals surface area contributed by atoms with E-state index in [9.17, 15) is 13.6 Å². The van der Waals surface area contributed by atoms with Gasteiger partial charge in [-0.25, -0.2) is 18.6 Å². The Morgan fingerprint density at radius 1 is 1.14 bits per heavy atom. The smallest absolute Gasteiger partial charge is 0.323 e. The van der Waals surface area contributed by atoms with Crippen LogP contribution >= 0.6 is 0 Å². The van der Waals surface area contributed by atoms with E-state index in [1.54, 1.807) is 17.3 Å². The predicted octanol–water partition coefficient (Wildman–Crippen LogP) is 4.03. The van der Waals surface area contributed by atoms with Crippen LogP contribution in [0.15, 0.2) is 54.9 Å². The maximum Gasteiger partial charge on any atom is 0.323 e. The van der Waals surface area contributed by atoms with Crippen LogP contribution in [-0.4, -0.2) is 34.0 Å². The highest BCUT2D eigenvalue weighted by Crippen LogP contribution is 2.29. The summed E-state index contributed by atoms with van der Waals surface area (Å²) < 4.78 is 27.2. The third kappa shape index (κ3) is 4.01. The van der Waals surface area contributed by atoms with Gasteiger partial charge in [0.25, 0.3) is 0 Å². The van der Waals surface area contributed by atoms with Crippen LogP contribution < -0.4 is 11.1 Å². The minimum Gasteiger partial charge on any atom is -0.396 e. The van der Waals surface area contributed by atoms with Crippen LogP contribution in [0.5, 0.6) is 0 Å². The number of carbonyl (C=O) groups excluding carboxylic acids is 1. The van der Waals surface area contributed by atoms with Crippen molar-refractivity contribution in [3.8, 4) is 11.3 Å². The minimum atomic E-state index is -0.737. The molecule has 0 radical (unpaired) electrons. The third-order valence-corrected chi connectivity index (χ3v) is 5.01. The van der Waals surface area contributed by atoms with Crippen LogP contribution in [0.2, 0.25) is 0 Å². The molecule has 1 aromatic carbocycles. The van der Waals surface area contributed by atoms with E-state index in [0.717, 1.165) is 24.1 Å². The Morgan fingerprint density at radius 3 is 2.69 bits per heavy atom. The fraction of sp³-hybridized carbons (Fsp3) is 0.190. The lowest BCUT2D eigenvalue weighted by Gasteiger charge is -2.18. The summed E-state index contributed by atoms with van der Waals surface area (Å²) in [6.07, 6.45) is 4.33. The summed E-state index contributed by atoms with van der Waals surface area (Å²) in [5, 5.41) is 2.71. The number of anilines is 2. The molecule has 0 spiro atoms. The Morgan fingerprint density at radius 2 is 1.93 bits per heavy atom. The molecule has 4 rings (SSSR count). The molecule has 0 saturated carbocycles. The van der Waals surface area contributed by atoms with Crippen LogP contribution in [0.4, 0.5) is 25.1 Å². The lowest BCUT2D eigenvalue weighted by molar-refractivity contribution is 0.222. The summed E-state index contributed by atoms with van der Waals surface area (Å²) in [6.45, 7) is 1.17. The summed E-state index contributed by atoms with van der Waals surface area (Å²) >= 11 is 0. The third-order valence-electron chi connectivity index (χ3n) is 5.01. The lowest BCUT2D eigenvalue weighted by atomic mass is 10.00. The van der Waals surface area contributed by atoms with Gasteiger partial charge >= 0.3 is 6.03 Å². The van der Waals surface area contributed by atoms with Crippen LogP contribution in [0.3, 0.4) is 0 Å². The van der Waals surface area contributed by atoms with Gasteiger partial charge in [-0.1, -0.05) is 0 Å². The Labute approximate surface area is 166 Å². The van der Waals surface area contributed by atoms with E-state index >= 15 is 0 Å². The van der Waals surface area contributed by atoms with Gasteiger partial charge in [0.1, 0.15) is 11.6 Å². The van der Waals surface area contributed by atoms with Gasteiger partial charge in [0.2, 0.25) is 0 Å². The fourth-order valence-corrected chi connectivity index (χ4v) is 3.45. The maximum atomic E-state index is 14.1. The van der Waals surface area contributed by atoms with Crippen molar-refractivity contribution in [2.24, 2.45) is 0 Å². The van der Waals surface area contributed by atoms with E-state index in [0.29, 0.717) is 13.1 Å². The fourth-order valence-electron chi connectivity index (χ4n) is 3.45. The summed E-state index contributed by atoms with van der Waals surface area (Å²) in [7, 11) is 0. The van der Waals surface area contributed by atoms with Gasteiger partial charge < -0.3 is 10.6 Å². The van der Waals surface area contributed by atoms with E-state index in [1.807, 2.05) is 12.1 Å². The number of nitrogens with zero attached hydrogens (tertiary/aromatic N) is 3. The molecule has 0 bridgehead atoms. The van der Waals surface area contributed by atoms with Crippen molar-refractivity contribution in [2.75, 3.05) is 24.1 Å². The highest BCUT2D eigenvalue weighted by Gasteiger charge is 2.28. The summed E-state index contributed by atoms with van der Waals surface area (Å²) in [5.41, 5.74) is 7.72. The highest BCUT2D eigenvalue weighted by atomic mass is 19.1. The number of benzene rings is 1. The van der Waals surface area contributed by atoms with Gasteiger partial charge in [0, 0.05) is 43.0 Å². The molecule has 1 saturated heterocycles. The molecule has 1 aliphatic heterocycles. The van der Waals surface area contributed by atoms with Gasteiger partial charge in [-0.3, -0.25) is 10.3 Å². The van der Waals surface area contributed by atoms with Crippen molar-refractivity contribution in [2.45, 2.75) is 12.3 Å². The summed E-state index contributed by atoms with van der Waals surface area (Å²) in [5.74, 6) is -1.02. The lowest BCUT2D eigenvalue weighted by Crippen LogP contribution is -2.33. The van der Waals surface area contributed by atoms with Crippen molar-refractivity contribution in [3.05, 3.63) is 72.1 Å². The largest absolute Gasteiger partial charge is 0.396 e. The number of nitrogens with one attached hydrogen (secondary N) is 1. The van der Waals surface area contributed by atoms with Gasteiger partial charge in [0.15, 0.2) is 5.82 Å². The first-order valence-electron chi connectivity index (χ1n) is 9.19. The quantitative estimate of drug-likeness (QED) is 0.701. The first-order valence-corrected chi connectivity index (χ1v) is 9.19. The molecule has 29 heavy (non-hydrogen) atoms.